The predicted molar refractivity (Wildman–Crippen MR) is 133 cm³/mol. The van der Waals surface area contributed by atoms with Crippen LogP contribution in [0.25, 0.3) is 20.5 Å². The molecule has 0 aliphatic carbocycles. The van der Waals surface area contributed by atoms with Gasteiger partial charge >= 0.3 is 27.0 Å². The molecule has 8 heteroatoms. The molecule has 2 unspecified atom stereocenters. The average molecular weight is 572 g/mol. The summed E-state index contributed by atoms with van der Waals surface area (Å²) in [6, 6.07) is 24.5. The topological polar surface area (TPSA) is 72.0 Å². The minimum atomic E-state index is -3.78. The van der Waals surface area contributed by atoms with E-state index in [1.807, 2.05) is 108 Å². The molecule has 2 atom stereocenters. The molecule has 168 valence electrons. The summed E-state index contributed by atoms with van der Waals surface area (Å²) in [6.07, 6.45) is 0. The summed E-state index contributed by atoms with van der Waals surface area (Å²) in [6.45, 7) is 0. The van der Waals surface area contributed by atoms with Gasteiger partial charge in [0, 0.05) is 4.70 Å². The fourth-order valence-electron chi connectivity index (χ4n) is 3.32. The Bertz CT molecular complexity index is 1200. The smallest absolute Gasteiger partial charge is 0.0767 e. The van der Waals surface area contributed by atoms with Crippen molar-refractivity contribution in [2.24, 2.45) is 0 Å². The molecule has 0 radical (unpaired) electrons. The summed E-state index contributed by atoms with van der Waals surface area (Å²) in [5, 5.41) is 3.09. The first-order valence-electron chi connectivity index (χ1n) is 9.37. The molecule has 3 aromatic carbocycles. The Morgan fingerprint density at radius 2 is 1.50 bits per heavy atom. The molecule has 1 heterocycles. The molecule has 0 aliphatic heterocycles. The first-order chi connectivity index (χ1) is 15.0. The maximum absolute atomic E-state index is 12.9. The van der Waals surface area contributed by atoms with Gasteiger partial charge in [-0.3, -0.25) is 0 Å². The maximum atomic E-state index is 12.9. The van der Waals surface area contributed by atoms with Crippen LogP contribution in [0.3, 0.4) is 0 Å². The second kappa shape index (κ2) is 12.6. The zero-order valence-electron chi connectivity index (χ0n) is 17.3. The zero-order valence-corrected chi connectivity index (χ0v) is 21.5. The predicted octanol–water partition coefficient (Wildman–Crippen LogP) is 7.78. The number of nitrogens with zero attached hydrogens (tertiary/aromatic N) is 1. The first kappa shape index (κ1) is 26.7. The molecule has 0 saturated carbocycles. The number of sulfonamides is 1. The Labute approximate surface area is 208 Å². The molecular formula is C24H23ClN2O2RuS2. The van der Waals surface area contributed by atoms with Gasteiger partial charge in [0.25, 0.3) is 0 Å². The second-order valence-corrected chi connectivity index (χ2v) is 9.48. The fraction of sp³-hybridized carbons (Fsp3) is 0.125. The molecular weight excluding hydrogens is 549 g/mol. The molecule has 32 heavy (non-hydrogen) atoms. The molecule has 0 bridgehead atoms. The van der Waals surface area contributed by atoms with E-state index in [-0.39, 0.29) is 13.2 Å². The van der Waals surface area contributed by atoms with Crippen molar-refractivity contribution in [3.63, 3.8) is 0 Å². The monoisotopic (exact) mass is 572 g/mol. The third-order valence-corrected chi connectivity index (χ3v) is 6.89. The quantitative estimate of drug-likeness (QED) is 0.168. The number of hydrogen-bond donors (Lipinski definition) is 0. The van der Waals surface area contributed by atoms with Crippen LogP contribution >= 0.6 is 21.0 Å². The van der Waals surface area contributed by atoms with Gasteiger partial charge in [0.1, 0.15) is 0 Å². The Hall–Kier alpha value is -1.60. The summed E-state index contributed by atoms with van der Waals surface area (Å²) < 4.78 is 31.2. The normalized spacial score (nSPS) is 12.8. The first-order valence-corrected chi connectivity index (χ1v) is 14.1. The summed E-state index contributed by atoms with van der Waals surface area (Å²) in [4.78, 5) is 0. The van der Waals surface area contributed by atoms with Crippen LogP contribution in [0.15, 0.2) is 90.3 Å². The van der Waals surface area contributed by atoms with E-state index in [4.69, 9.17) is 5.73 Å². The van der Waals surface area contributed by atoms with Crippen LogP contribution in [0.4, 0.5) is 0 Å². The number of fused-ring (bicyclic) bond motifs is 1. The van der Waals surface area contributed by atoms with Gasteiger partial charge in [0.15, 0.2) is 0 Å². The number of thiophene rings is 1. The summed E-state index contributed by atoms with van der Waals surface area (Å²) in [5.74, 6) is -0.175. The largest absolute Gasteiger partial charge is 0.672 e. The standard InChI is InChI=1S/C23H20N2O2S2.CH3.ClH.Ru/c24-22(19-7-3-1-4-8-19)23(20-9-5-2-6-10-20)25-29(26,27)16-17-11-12-18-13-14-28-21(18)15-17;;;/h1-15,22-24H,16H2;1H3;1H;/q-2;-1;;+4/p-1. The number of halogens is 1. The number of benzene rings is 3. The van der Waals surface area contributed by atoms with Crippen molar-refractivity contribution in [1.29, 1.82) is 0 Å². The van der Waals surface area contributed by atoms with Gasteiger partial charge < -0.3 is 17.9 Å². The van der Waals surface area contributed by atoms with Crippen molar-refractivity contribution in [2.75, 3.05) is 0 Å². The van der Waals surface area contributed by atoms with Crippen molar-refractivity contribution in [2.45, 2.75) is 17.8 Å². The molecule has 4 rings (SSSR count). The van der Waals surface area contributed by atoms with Crippen LogP contribution in [0.2, 0.25) is 0 Å². The Morgan fingerprint density at radius 1 is 0.906 bits per heavy atom. The Balaban J connectivity index is 0.00000118. The van der Waals surface area contributed by atoms with Crippen LogP contribution < -0.4 is 0 Å². The molecule has 0 saturated heterocycles. The van der Waals surface area contributed by atoms with E-state index in [1.165, 1.54) is 0 Å². The molecule has 0 amide bonds. The minimum absolute atomic E-state index is 0. The molecule has 4 nitrogen and oxygen atoms in total. The number of nitrogens with one attached hydrogen (secondary N) is 1. The second-order valence-electron chi connectivity index (χ2n) is 6.87. The van der Waals surface area contributed by atoms with E-state index in [1.54, 1.807) is 11.3 Å². The van der Waals surface area contributed by atoms with Crippen molar-refractivity contribution < 1.29 is 25.7 Å². The van der Waals surface area contributed by atoms with Crippen LogP contribution in [0.1, 0.15) is 28.8 Å². The van der Waals surface area contributed by atoms with Gasteiger partial charge in [-0.25, -0.2) is 8.42 Å². The van der Waals surface area contributed by atoms with E-state index in [0.717, 1.165) is 15.6 Å². The third-order valence-electron chi connectivity index (χ3n) is 4.76. The Morgan fingerprint density at radius 3 is 2.12 bits per heavy atom. The molecule has 1 N–H and O–H groups in total. The average Bonchev–Trinajstić information content (AvgIpc) is 3.27. The van der Waals surface area contributed by atoms with E-state index in [9.17, 15) is 8.42 Å². The molecule has 1 aromatic heterocycles. The number of rotatable bonds is 7. The molecule has 0 aliphatic rings. The summed E-state index contributed by atoms with van der Waals surface area (Å²) in [7, 11) is 0.792. The van der Waals surface area contributed by atoms with Gasteiger partial charge in [0.05, 0.1) is 15.8 Å². The van der Waals surface area contributed by atoms with Gasteiger partial charge in [0.2, 0.25) is 0 Å². The van der Waals surface area contributed by atoms with E-state index < -0.39 is 22.1 Å². The van der Waals surface area contributed by atoms with Crippen LogP contribution in [-0.4, -0.2) is 8.42 Å². The Kier molecular flexibility index (Phi) is 10.5. The summed E-state index contributed by atoms with van der Waals surface area (Å²) in [5.41, 5.74) is 10.9. The maximum Gasteiger partial charge on any atom is 0.0767 e. The van der Waals surface area contributed by atoms with Crippen LogP contribution in [0, 0.1) is 7.43 Å². The minimum Gasteiger partial charge on any atom is -0.672 e. The third kappa shape index (κ3) is 6.95. The van der Waals surface area contributed by atoms with Crippen LogP contribution in [-0.2, 0) is 33.1 Å². The van der Waals surface area contributed by atoms with Gasteiger partial charge in [-0.05, 0) is 28.5 Å². The zero-order chi connectivity index (χ0) is 22.3. The van der Waals surface area contributed by atoms with Gasteiger partial charge in [-0.15, -0.1) is 23.4 Å². The van der Waals surface area contributed by atoms with Crippen molar-refractivity contribution >= 4 is 41.1 Å². The van der Waals surface area contributed by atoms with E-state index in [2.05, 4.69) is 14.4 Å². The molecule has 0 spiro atoms. The van der Waals surface area contributed by atoms with E-state index in [0.29, 0.717) is 11.1 Å². The van der Waals surface area contributed by atoms with Gasteiger partial charge in [-0.1, -0.05) is 83.9 Å². The number of hydrogen-bond acceptors (Lipinski definition) is 3. The van der Waals surface area contributed by atoms with Gasteiger partial charge in [-0.2, -0.15) is 0 Å². The molecule has 4 aromatic rings. The van der Waals surface area contributed by atoms with Crippen molar-refractivity contribution in [3.8, 4) is 0 Å². The summed E-state index contributed by atoms with van der Waals surface area (Å²) >= 11 is 3.41. The fourth-order valence-corrected chi connectivity index (χ4v) is 5.43. The van der Waals surface area contributed by atoms with Crippen LogP contribution in [0.5, 0.6) is 0 Å². The molecule has 0 fully saturated rings. The van der Waals surface area contributed by atoms with Crippen molar-refractivity contribution in [1.82, 2.24) is 0 Å². The SMILES string of the molecule is [CH3-].[Cl][Ru+3].[NH-]C(c1ccccc1)C([N-]S(=O)(=O)Cc1ccc2ccsc2c1)c1ccccc1. The van der Waals surface area contributed by atoms with E-state index >= 15 is 0 Å². The van der Waals surface area contributed by atoms with Crippen molar-refractivity contribution in [3.05, 3.63) is 125 Å².